The molecule has 7 nitrogen and oxygen atoms in total. The van der Waals surface area contributed by atoms with Crippen LogP contribution in [0.4, 0.5) is 16.3 Å². The van der Waals surface area contributed by atoms with Crippen molar-refractivity contribution in [2.45, 2.75) is 40.2 Å². The number of esters is 1. The fourth-order valence-electron chi connectivity index (χ4n) is 2.30. The highest BCUT2D eigenvalue weighted by Gasteiger charge is 2.30. The summed E-state index contributed by atoms with van der Waals surface area (Å²) in [6.45, 7) is 8.90. The van der Waals surface area contributed by atoms with Crippen LogP contribution in [0.3, 0.4) is 0 Å². The number of nitrogens with zero attached hydrogens (tertiary/aromatic N) is 3. The van der Waals surface area contributed by atoms with Crippen molar-refractivity contribution in [1.82, 2.24) is 9.97 Å². The predicted octanol–water partition coefficient (Wildman–Crippen LogP) is 4.69. The van der Waals surface area contributed by atoms with Crippen molar-refractivity contribution in [1.29, 1.82) is 0 Å². The largest absolute Gasteiger partial charge is 0.462 e. The number of benzene rings is 1. The molecular weight excluding hydrogens is 370 g/mol. The number of ether oxygens (including phenoxy) is 2. The van der Waals surface area contributed by atoms with E-state index in [0.717, 1.165) is 0 Å². The summed E-state index contributed by atoms with van der Waals surface area (Å²) in [7, 11) is 0. The Bertz CT molecular complexity index is 849. The predicted molar refractivity (Wildman–Crippen MR) is 103 cm³/mol. The van der Waals surface area contributed by atoms with Crippen molar-refractivity contribution in [3.05, 3.63) is 46.9 Å². The maximum atomic E-state index is 13.0. The molecule has 1 aromatic heterocycles. The van der Waals surface area contributed by atoms with Crippen LogP contribution < -0.4 is 4.90 Å². The Morgan fingerprint density at radius 3 is 2.52 bits per heavy atom. The Balaban J connectivity index is 2.66. The molecule has 1 aromatic carbocycles. The molecule has 0 saturated carbocycles. The first kappa shape index (κ1) is 20.6. The summed E-state index contributed by atoms with van der Waals surface area (Å²) >= 11 is 5.95. The number of hydrogen-bond donors (Lipinski definition) is 0. The lowest BCUT2D eigenvalue weighted by atomic mass is 10.1. The van der Waals surface area contributed by atoms with Gasteiger partial charge in [-0.3, -0.25) is 0 Å². The quantitative estimate of drug-likeness (QED) is 0.555. The third-order valence-electron chi connectivity index (χ3n) is 3.34. The molecule has 0 aliphatic heterocycles. The number of hydrogen-bond acceptors (Lipinski definition) is 6. The van der Waals surface area contributed by atoms with Crippen LogP contribution in [0.1, 0.15) is 43.6 Å². The third-order valence-corrected chi connectivity index (χ3v) is 3.53. The summed E-state index contributed by atoms with van der Waals surface area (Å²) in [5.74, 6) is -0.333. The molecule has 0 bridgehead atoms. The summed E-state index contributed by atoms with van der Waals surface area (Å²) in [4.78, 5) is 34.7. The monoisotopic (exact) mass is 391 g/mol. The number of carbonyl (C=O) groups is 2. The van der Waals surface area contributed by atoms with Crippen molar-refractivity contribution in [2.24, 2.45) is 0 Å². The fraction of sp³-hybridized carbons (Fsp3) is 0.368. The number of rotatable bonds is 4. The van der Waals surface area contributed by atoms with E-state index in [1.165, 1.54) is 11.1 Å². The van der Waals surface area contributed by atoms with Gasteiger partial charge < -0.3 is 9.47 Å². The molecule has 0 atom stereocenters. The number of carbonyl (C=O) groups excluding carboxylic acids is 2. The summed E-state index contributed by atoms with van der Waals surface area (Å²) in [5.41, 5.74) is 0.324. The number of para-hydroxylation sites is 1. The highest BCUT2D eigenvalue weighted by atomic mass is 35.5. The molecule has 1 amide bonds. The normalized spacial score (nSPS) is 11.0. The lowest BCUT2D eigenvalue weighted by molar-refractivity contribution is 0.0527. The van der Waals surface area contributed by atoms with Crippen LogP contribution in [0.15, 0.2) is 30.5 Å². The highest BCUT2D eigenvalue weighted by Crippen LogP contribution is 2.32. The zero-order valence-corrected chi connectivity index (χ0v) is 16.7. The Morgan fingerprint density at radius 2 is 1.89 bits per heavy atom. The summed E-state index contributed by atoms with van der Waals surface area (Å²) < 4.78 is 10.6. The van der Waals surface area contributed by atoms with Gasteiger partial charge in [0.25, 0.3) is 0 Å². The van der Waals surface area contributed by atoms with Crippen LogP contribution in [0.2, 0.25) is 5.28 Å². The smallest absolute Gasteiger partial charge is 0.420 e. The zero-order valence-electron chi connectivity index (χ0n) is 15.9. The molecule has 144 valence electrons. The van der Waals surface area contributed by atoms with E-state index in [-0.39, 0.29) is 29.0 Å². The Morgan fingerprint density at radius 1 is 1.22 bits per heavy atom. The molecule has 0 aliphatic rings. The maximum Gasteiger partial charge on any atom is 0.420 e. The van der Waals surface area contributed by atoms with Crippen LogP contribution in [0.5, 0.6) is 0 Å². The fourth-order valence-corrected chi connectivity index (χ4v) is 2.42. The van der Waals surface area contributed by atoms with Gasteiger partial charge in [0.1, 0.15) is 5.60 Å². The Kier molecular flexibility index (Phi) is 6.38. The summed E-state index contributed by atoms with van der Waals surface area (Å²) in [6.07, 6.45) is 0.798. The molecule has 8 heteroatoms. The second-order valence-corrected chi connectivity index (χ2v) is 7.04. The maximum absolute atomic E-state index is 13.0. The highest BCUT2D eigenvalue weighted by molar-refractivity contribution is 6.28. The SMILES string of the molecule is CCOC(=O)c1ccccc1N(C(=O)OC(C)(C)C)c1nc(Cl)ncc1C. The van der Waals surface area contributed by atoms with Gasteiger partial charge in [-0.05, 0) is 58.4 Å². The minimum absolute atomic E-state index is 0.0298. The molecule has 2 aromatic rings. The van der Waals surface area contributed by atoms with Crippen molar-refractivity contribution in [2.75, 3.05) is 11.5 Å². The van der Waals surface area contributed by atoms with E-state index in [9.17, 15) is 9.59 Å². The molecular formula is C19H22ClN3O4. The molecule has 0 saturated heterocycles. The van der Waals surface area contributed by atoms with Crippen LogP contribution >= 0.6 is 11.6 Å². The van der Waals surface area contributed by atoms with E-state index in [1.54, 1.807) is 58.9 Å². The first-order valence-corrected chi connectivity index (χ1v) is 8.80. The number of anilines is 2. The van der Waals surface area contributed by atoms with E-state index in [4.69, 9.17) is 21.1 Å². The molecule has 0 spiro atoms. The van der Waals surface area contributed by atoms with Gasteiger partial charge >= 0.3 is 12.1 Å². The second kappa shape index (κ2) is 8.35. The molecule has 1 heterocycles. The summed E-state index contributed by atoms with van der Waals surface area (Å²) in [5, 5.41) is -0.0298. The van der Waals surface area contributed by atoms with Gasteiger partial charge in [0.05, 0.1) is 17.9 Å². The Hall–Kier alpha value is -2.67. The standard InChI is InChI=1S/C19H22ClN3O4/c1-6-26-16(24)13-9-7-8-10-14(13)23(18(25)27-19(3,4)5)15-12(2)11-21-17(20)22-15/h7-11H,6H2,1-5H3. The lowest BCUT2D eigenvalue weighted by Gasteiger charge is -2.28. The molecule has 0 fully saturated rings. The first-order chi connectivity index (χ1) is 12.6. The summed E-state index contributed by atoms with van der Waals surface area (Å²) in [6, 6.07) is 6.57. The van der Waals surface area contributed by atoms with Gasteiger partial charge in [0.2, 0.25) is 5.28 Å². The third kappa shape index (κ3) is 5.17. The number of aryl methyl sites for hydroxylation is 1. The number of aromatic nitrogens is 2. The lowest BCUT2D eigenvalue weighted by Crippen LogP contribution is -2.35. The zero-order chi connectivity index (χ0) is 20.2. The molecule has 0 aliphatic carbocycles. The number of amides is 1. The average molecular weight is 392 g/mol. The van der Waals surface area contributed by atoms with Crippen LogP contribution in [0, 0.1) is 6.92 Å². The number of halogens is 1. The second-order valence-electron chi connectivity index (χ2n) is 6.70. The molecule has 27 heavy (non-hydrogen) atoms. The van der Waals surface area contributed by atoms with Crippen LogP contribution in [0.25, 0.3) is 0 Å². The minimum Gasteiger partial charge on any atom is -0.462 e. The molecule has 0 unspecified atom stereocenters. The van der Waals surface area contributed by atoms with Crippen LogP contribution in [-0.4, -0.2) is 34.2 Å². The van der Waals surface area contributed by atoms with E-state index in [2.05, 4.69) is 9.97 Å². The average Bonchev–Trinajstić information content (AvgIpc) is 2.57. The van der Waals surface area contributed by atoms with Gasteiger partial charge in [0.15, 0.2) is 5.82 Å². The topological polar surface area (TPSA) is 81.6 Å². The van der Waals surface area contributed by atoms with Crippen molar-refractivity contribution in [3.8, 4) is 0 Å². The van der Waals surface area contributed by atoms with Crippen LogP contribution in [-0.2, 0) is 9.47 Å². The van der Waals surface area contributed by atoms with Crippen molar-refractivity contribution < 1.29 is 19.1 Å². The van der Waals surface area contributed by atoms with Gasteiger partial charge in [-0.1, -0.05) is 12.1 Å². The minimum atomic E-state index is -0.751. The van der Waals surface area contributed by atoms with E-state index in [1.807, 2.05) is 0 Å². The molecule has 0 radical (unpaired) electrons. The van der Waals surface area contributed by atoms with Gasteiger partial charge in [0, 0.05) is 11.8 Å². The van der Waals surface area contributed by atoms with E-state index < -0.39 is 17.7 Å². The van der Waals surface area contributed by atoms with Crippen molar-refractivity contribution in [3.63, 3.8) is 0 Å². The Labute approximate surface area is 163 Å². The van der Waals surface area contributed by atoms with Gasteiger partial charge in [-0.25, -0.2) is 19.5 Å². The van der Waals surface area contributed by atoms with Crippen molar-refractivity contribution >= 4 is 35.2 Å². The molecule has 2 rings (SSSR count). The molecule has 0 N–H and O–H groups in total. The van der Waals surface area contributed by atoms with E-state index >= 15 is 0 Å². The van der Waals surface area contributed by atoms with Gasteiger partial charge in [-0.15, -0.1) is 0 Å². The van der Waals surface area contributed by atoms with Gasteiger partial charge in [-0.2, -0.15) is 4.98 Å². The van der Waals surface area contributed by atoms with E-state index in [0.29, 0.717) is 5.56 Å². The first-order valence-electron chi connectivity index (χ1n) is 8.42.